The van der Waals surface area contributed by atoms with E-state index >= 15 is 0 Å². The summed E-state index contributed by atoms with van der Waals surface area (Å²) in [6.45, 7) is 12.0. The molecule has 2 fully saturated rings. The molecule has 2 nitrogen and oxygen atoms in total. The van der Waals surface area contributed by atoms with Crippen molar-refractivity contribution in [2.75, 3.05) is 13.1 Å². The highest BCUT2D eigenvalue weighted by Gasteiger charge is 2.40. The monoisotopic (exact) mass is 224 g/mol. The van der Waals surface area contributed by atoms with Crippen LogP contribution in [0, 0.1) is 17.3 Å². The maximum absolute atomic E-state index is 6.39. The van der Waals surface area contributed by atoms with Gasteiger partial charge in [-0.05, 0) is 43.1 Å². The molecule has 0 aromatic rings. The molecule has 16 heavy (non-hydrogen) atoms. The van der Waals surface area contributed by atoms with E-state index in [9.17, 15) is 0 Å². The van der Waals surface area contributed by atoms with Crippen molar-refractivity contribution in [2.45, 2.75) is 59.0 Å². The summed E-state index contributed by atoms with van der Waals surface area (Å²) in [5.41, 5.74) is 6.89. The molecule has 1 heterocycles. The minimum atomic E-state index is 0.396. The first-order chi connectivity index (χ1) is 7.39. The van der Waals surface area contributed by atoms with Gasteiger partial charge in [0.05, 0.1) is 0 Å². The molecule has 2 aliphatic rings. The first-order valence-corrected chi connectivity index (χ1v) is 6.89. The summed E-state index contributed by atoms with van der Waals surface area (Å²) in [7, 11) is 0. The third-order valence-electron chi connectivity index (χ3n) is 4.60. The van der Waals surface area contributed by atoms with E-state index in [1.807, 2.05) is 0 Å². The lowest BCUT2D eigenvalue weighted by atomic mass is 9.76. The molecular weight excluding hydrogens is 196 g/mol. The van der Waals surface area contributed by atoms with Gasteiger partial charge >= 0.3 is 0 Å². The molecule has 4 atom stereocenters. The highest BCUT2D eigenvalue weighted by molar-refractivity contribution is 4.96. The van der Waals surface area contributed by atoms with E-state index < -0.39 is 0 Å². The minimum Gasteiger partial charge on any atom is -0.326 e. The van der Waals surface area contributed by atoms with Crippen LogP contribution in [0.15, 0.2) is 0 Å². The first-order valence-electron chi connectivity index (χ1n) is 6.89. The Balaban J connectivity index is 2.03. The summed E-state index contributed by atoms with van der Waals surface area (Å²) in [4.78, 5) is 2.67. The fraction of sp³-hybridized carbons (Fsp3) is 1.00. The second-order valence-electron chi connectivity index (χ2n) is 7.09. The third-order valence-corrected chi connectivity index (χ3v) is 4.60. The predicted molar refractivity (Wildman–Crippen MR) is 69.3 cm³/mol. The van der Waals surface area contributed by atoms with Gasteiger partial charge in [-0.3, -0.25) is 4.90 Å². The smallest absolute Gasteiger partial charge is 0.0273 e. The van der Waals surface area contributed by atoms with Gasteiger partial charge < -0.3 is 5.73 Å². The molecule has 94 valence electrons. The van der Waals surface area contributed by atoms with Crippen LogP contribution in [0.25, 0.3) is 0 Å². The molecular formula is C14H28N2. The van der Waals surface area contributed by atoms with Crippen molar-refractivity contribution in [2.24, 2.45) is 23.0 Å². The fourth-order valence-electron chi connectivity index (χ4n) is 3.94. The topological polar surface area (TPSA) is 29.3 Å². The van der Waals surface area contributed by atoms with E-state index in [0.717, 1.165) is 11.8 Å². The van der Waals surface area contributed by atoms with Crippen molar-refractivity contribution >= 4 is 0 Å². The maximum atomic E-state index is 6.39. The number of rotatable bonds is 1. The summed E-state index contributed by atoms with van der Waals surface area (Å²) < 4.78 is 0. The molecule has 2 heteroatoms. The third kappa shape index (κ3) is 2.43. The molecule has 1 saturated carbocycles. The molecule has 0 radical (unpaired) electrons. The molecule has 0 aromatic carbocycles. The van der Waals surface area contributed by atoms with Crippen molar-refractivity contribution in [1.29, 1.82) is 0 Å². The van der Waals surface area contributed by atoms with Crippen molar-refractivity contribution in [3.8, 4) is 0 Å². The Bertz CT molecular complexity index is 237. The Morgan fingerprint density at radius 1 is 1.19 bits per heavy atom. The molecule has 0 bridgehead atoms. The van der Waals surface area contributed by atoms with E-state index in [1.165, 1.54) is 32.4 Å². The van der Waals surface area contributed by atoms with Gasteiger partial charge in [-0.2, -0.15) is 0 Å². The van der Waals surface area contributed by atoms with Crippen molar-refractivity contribution in [1.82, 2.24) is 4.90 Å². The number of hydrogen-bond donors (Lipinski definition) is 1. The van der Waals surface area contributed by atoms with Crippen LogP contribution in [-0.4, -0.2) is 30.1 Å². The van der Waals surface area contributed by atoms with E-state index in [0.29, 0.717) is 17.5 Å². The molecule has 2 N–H and O–H groups in total. The number of likely N-dealkylation sites (tertiary alicyclic amines) is 1. The molecule has 1 aliphatic carbocycles. The molecule has 0 spiro atoms. The Morgan fingerprint density at radius 3 is 2.38 bits per heavy atom. The van der Waals surface area contributed by atoms with Crippen molar-refractivity contribution in [3.63, 3.8) is 0 Å². The van der Waals surface area contributed by atoms with Crippen LogP contribution in [0.5, 0.6) is 0 Å². The van der Waals surface area contributed by atoms with Crippen LogP contribution < -0.4 is 5.73 Å². The average Bonchev–Trinajstić information content (AvgIpc) is 2.44. The largest absolute Gasteiger partial charge is 0.326 e. The Labute approximate surface area is 101 Å². The van der Waals surface area contributed by atoms with Crippen LogP contribution >= 0.6 is 0 Å². The summed E-state index contributed by atoms with van der Waals surface area (Å²) in [6.07, 6.45) is 3.90. The Morgan fingerprint density at radius 2 is 1.88 bits per heavy atom. The standard InChI is InChI=1S/C14H28N2/c1-10-7-11(2)13(12(15)8-10)16-6-5-14(3,4)9-16/h10-13H,5-9,15H2,1-4H3. The lowest BCUT2D eigenvalue weighted by Crippen LogP contribution is -2.54. The number of hydrogen-bond acceptors (Lipinski definition) is 2. The van der Waals surface area contributed by atoms with Gasteiger partial charge in [-0.15, -0.1) is 0 Å². The van der Waals surface area contributed by atoms with Crippen LogP contribution in [0.1, 0.15) is 47.0 Å². The summed E-state index contributed by atoms with van der Waals surface area (Å²) in [6, 6.07) is 1.03. The van der Waals surface area contributed by atoms with Gasteiger partial charge in [-0.1, -0.05) is 27.7 Å². The van der Waals surface area contributed by atoms with Crippen LogP contribution in [-0.2, 0) is 0 Å². The fourth-order valence-corrected chi connectivity index (χ4v) is 3.94. The minimum absolute atomic E-state index is 0.396. The van der Waals surface area contributed by atoms with Crippen LogP contribution in [0.2, 0.25) is 0 Å². The summed E-state index contributed by atoms with van der Waals surface area (Å²) >= 11 is 0. The van der Waals surface area contributed by atoms with E-state index in [1.54, 1.807) is 0 Å². The van der Waals surface area contributed by atoms with Crippen LogP contribution in [0.4, 0.5) is 0 Å². The molecule has 2 rings (SSSR count). The van der Waals surface area contributed by atoms with Gasteiger partial charge in [0.1, 0.15) is 0 Å². The highest BCUT2D eigenvalue weighted by atomic mass is 15.2. The summed E-state index contributed by atoms with van der Waals surface area (Å²) in [5, 5.41) is 0. The molecule has 1 aliphatic heterocycles. The predicted octanol–water partition coefficient (Wildman–Crippen LogP) is 2.48. The number of nitrogens with zero attached hydrogens (tertiary/aromatic N) is 1. The second-order valence-corrected chi connectivity index (χ2v) is 7.09. The first kappa shape index (κ1) is 12.4. The average molecular weight is 224 g/mol. The quantitative estimate of drug-likeness (QED) is 0.741. The molecule has 0 amide bonds. The lowest BCUT2D eigenvalue weighted by molar-refractivity contribution is 0.0871. The van der Waals surface area contributed by atoms with Gasteiger partial charge in [-0.25, -0.2) is 0 Å². The highest BCUT2D eigenvalue weighted by Crippen LogP contribution is 2.37. The van der Waals surface area contributed by atoms with E-state index in [2.05, 4.69) is 32.6 Å². The van der Waals surface area contributed by atoms with Crippen molar-refractivity contribution < 1.29 is 0 Å². The molecule has 1 saturated heterocycles. The second kappa shape index (κ2) is 4.30. The van der Waals surface area contributed by atoms with Gasteiger partial charge in [0, 0.05) is 18.6 Å². The Hall–Kier alpha value is -0.0800. The van der Waals surface area contributed by atoms with E-state index in [-0.39, 0.29) is 0 Å². The van der Waals surface area contributed by atoms with Crippen molar-refractivity contribution in [3.05, 3.63) is 0 Å². The van der Waals surface area contributed by atoms with E-state index in [4.69, 9.17) is 5.73 Å². The maximum Gasteiger partial charge on any atom is 0.0273 e. The summed E-state index contributed by atoms with van der Waals surface area (Å²) in [5.74, 6) is 1.59. The Kier molecular flexibility index (Phi) is 3.33. The SMILES string of the molecule is CC1CC(C)C(N2CCC(C)(C)C2)C(N)C1. The van der Waals surface area contributed by atoms with Gasteiger partial charge in [0.25, 0.3) is 0 Å². The zero-order valence-electron chi connectivity index (χ0n) is 11.4. The molecule has 4 unspecified atom stereocenters. The molecule has 0 aromatic heterocycles. The zero-order chi connectivity index (χ0) is 11.9. The van der Waals surface area contributed by atoms with Gasteiger partial charge in [0.15, 0.2) is 0 Å². The van der Waals surface area contributed by atoms with Gasteiger partial charge in [0.2, 0.25) is 0 Å². The number of nitrogens with two attached hydrogens (primary N) is 1. The van der Waals surface area contributed by atoms with Crippen LogP contribution in [0.3, 0.4) is 0 Å². The normalized spacial score (nSPS) is 44.8. The zero-order valence-corrected chi connectivity index (χ0v) is 11.4. The lowest BCUT2D eigenvalue weighted by Gasteiger charge is -2.43.